The van der Waals surface area contributed by atoms with E-state index in [-0.39, 0.29) is 5.41 Å². The zero-order valence-corrected chi connectivity index (χ0v) is 15.0. The molecule has 4 rings (SSSR count). The topological polar surface area (TPSA) is 72.4 Å². The second-order valence-corrected chi connectivity index (χ2v) is 9.30. The van der Waals surface area contributed by atoms with Crippen LogP contribution in [0.4, 0.5) is 5.82 Å². The number of sulfone groups is 1. The molecule has 2 saturated heterocycles. The Balaban J connectivity index is 1.48. The SMILES string of the molecule is COc1ccc(-c2cc(N3CC4(CCS(=O)(=O)CC4)C3)ncn2)cc1. The average Bonchev–Trinajstić information content (AvgIpc) is 2.60. The van der Waals surface area contributed by atoms with Crippen LogP contribution in [0.5, 0.6) is 5.75 Å². The number of anilines is 1. The molecule has 2 aromatic rings. The number of hydrogen-bond acceptors (Lipinski definition) is 6. The van der Waals surface area contributed by atoms with Crippen LogP contribution in [0.3, 0.4) is 0 Å². The van der Waals surface area contributed by atoms with Gasteiger partial charge in [-0.3, -0.25) is 0 Å². The molecule has 0 N–H and O–H groups in total. The smallest absolute Gasteiger partial charge is 0.150 e. The van der Waals surface area contributed by atoms with Gasteiger partial charge in [-0.05, 0) is 37.1 Å². The molecule has 2 fully saturated rings. The van der Waals surface area contributed by atoms with Crippen molar-refractivity contribution in [3.8, 4) is 17.0 Å². The van der Waals surface area contributed by atoms with Gasteiger partial charge < -0.3 is 9.64 Å². The number of ether oxygens (including phenoxy) is 1. The molecule has 1 spiro atoms. The van der Waals surface area contributed by atoms with Crippen LogP contribution in [-0.4, -0.2) is 50.1 Å². The molecule has 6 nitrogen and oxygen atoms in total. The van der Waals surface area contributed by atoms with Crippen molar-refractivity contribution >= 4 is 15.7 Å². The Morgan fingerprint density at radius 2 is 1.76 bits per heavy atom. The predicted octanol–water partition coefficient (Wildman–Crippen LogP) is 2.17. The molecule has 2 aliphatic heterocycles. The summed E-state index contributed by atoms with van der Waals surface area (Å²) in [5, 5.41) is 0. The molecule has 132 valence electrons. The highest BCUT2D eigenvalue weighted by atomic mass is 32.2. The van der Waals surface area contributed by atoms with E-state index in [1.807, 2.05) is 30.3 Å². The summed E-state index contributed by atoms with van der Waals surface area (Å²) in [6, 6.07) is 9.79. The summed E-state index contributed by atoms with van der Waals surface area (Å²) in [6.07, 6.45) is 3.12. The van der Waals surface area contributed by atoms with Gasteiger partial charge in [-0.2, -0.15) is 0 Å². The maximum atomic E-state index is 11.6. The Hall–Kier alpha value is -2.15. The molecule has 0 radical (unpaired) electrons. The van der Waals surface area contributed by atoms with Crippen molar-refractivity contribution in [1.29, 1.82) is 0 Å². The van der Waals surface area contributed by atoms with Crippen LogP contribution in [0, 0.1) is 5.41 Å². The standard InChI is InChI=1S/C18H21N3O3S/c1-24-15-4-2-14(3-5-15)16-10-17(20-13-19-16)21-11-18(12-21)6-8-25(22,23)9-7-18/h2-5,10,13H,6-9,11-12H2,1H3. The second-order valence-electron chi connectivity index (χ2n) is 7.00. The van der Waals surface area contributed by atoms with E-state index >= 15 is 0 Å². The lowest BCUT2D eigenvalue weighted by molar-refractivity contribution is 0.188. The number of hydrogen-bond donors (Lipinski definition) is 0. The van der Waals surface area contributed by atoms with E-state index in [0.717, 1.165) is 48.8 Å². The highest BCUT2D eigenvalue weighted by Gasteiger charge is 2.46. The van der Waals surface area contributed by atoms with Crippen LogP contribution in [0.1, 0.15) is 12.8 Å². The first-order valence-electron chi connectivity index (χ1n) is 8.41. The second kappa shape index (κ2) is 5.98. The molecule has 0 saturated carbocycles. The average molecular weight is 359 g/mol. The predicted molar refractivity (Wildman–Crippen MR) is 96.6 cm³/mol. The molecule has 0 aliphatic carbocycles. The zero-order valence-electron chi connectivity index (χ0n) is 14.2. The Morgan fingerprint density at radius 1 is 1.08 bits per heavy atom. The van der Waals surface area contributed by atoms with E-state index in [2.05, 4.69) is 14.9 Å². The van der Waals surface area contributed by atoms with Crippen LogP contribution in [0.25, 0.3) is 11.3 Å². The minimum absolute atomic E-state index is 0.149. The highest BCUT2D eigenvalue weighted by molar-refractivity contribution is 7.91. The molecule has 7 heteroatoms. The molecule has 3 heterocycles. The van der Waals surface area contributed by atoms with Crippen molar-refractivity contribution in [3.63, 3.8) is 0 Å². The van der Waals surface area contributed by atoms with E-state index < -0.39 is 9.84 Å². The molecular weight excluding hydrogens is 338 g/mol. The van der Waals surface area contributed by atoms with Gasteiger partial charge in [0.25, 0.3) is 0 Å². The molecular formula is C18H21N3O3S. The van der Waals surface area contributed by atoms with Crippen LogP contribution in [-0.2, 0) is 9.84 Å². The lowest BCUT2D eigenvalue weighted by Crippen LogP contribution is -2.59. The quantitative estimate of drug-likeness (QED) is 0.836. The van der Waals surface area contributed by atoms with Crippen molar-refractivity contribution in [2.75, 3.05) is 36.6 Å². The molecule has 1 aromatic heterocycles. The fraction of sp³-hybridized carbons (Fsp3) is 0.444. The summed E-state index contributed by atoms with van der Waals surface area (Å²) in [7, 11) is -1.17. The van der Waals surface area contributed by atoms with Gasteiger partial charge in [0.1, 0.15) is 27.7 Å². The minimum Gasteiger partial charge on any atom is -0.497 e. The number of nitrogens with zero attached hydrogens (tertiary/aromatic N) is 3. The monoisotopic (exact) mass is 359 g/mol. The molecule has 0 atom stereocenters. The number of methoxy groups -OCH3 is 1. The summed E-state index contributed by atoms with van der Waals surface area (Å²) in [5.41, 5.74) is 2.04. The third-order valence-corrected chi connectivity index (χ3v) is 6.95. The maximum absolute atomic E-state index is 11.6. The minimum atomic E-state index is -2.82. The van der Waals surface area contributed by atoms with Gasteiger partial charge >= 0.3 is 0 Å². The van der Waals surface area contributed by atoms with Crippen LogP contribution >= 0.6 is 0 Å². The molecule has 0 amide bonds. The van der Waals surface area contributed by atoms with Gasteiger partial charge in [0.15, 0.2) is 0 Å². The van der Waals surface area contributed by atoms with Crippen molar-refractivity contribution in [3.05, 3.63) is 36.7 Å². The lowest BCUT2D eigenvalue weighted by Gasteiger charge is -2.52. The summed E-state index contributed by atoms with van der Waals surface area (Å²) < 4.78 is 28.5. The summed E-state index contributed by atoms with van der Waals surface area (Å²) in [4.78, 5) is 11.0. The summed E-state index contributed by atoms with van der Waals surface area (Å²) in [6.45, 7) is 1.75. The highest BCUT2D eigenvalue weighted by Crippen LogP contribution is 2.43. The van der Waals surface area contributed by atoms with Crippen molar-refractivity contribution in [1.82, 2.24) is 9.97 Å². The largest absolute Gasteiger partial charge is 0.497 e. The van der Waals surface area contributed by atoms with E-state index in [1.54, 1.807) is 13.4 Å². The Kier molecular flexibility index (Phi) is 3.91. The van der Waals surface area contributed by atoms with Gasteiger partial charge in [-0.25, -0.2) is 18.4 Å². The molecule has 2 aliphatic rings. The van der Waals surface area contributed by atoms with Crippen molar-refractivity contribution in [2.45, 2.75) is 12.8 Å². The Labute approximate surface area is 147 Å². The van der Waals surface area contributed by atoms with Crippen molar-refractivity contribution in [2.24, 2.45) is 5.41 Å². The third-order valence-electron chi connectivity index (χ3n) is 5.30. The van der Waals surface area contributed by atoms with Gasteiger partial charge in [0.05, 0.1) is 24.3 Å². The molecule has 0 bridgehead atoms. The Morgan fingerprint density at radius 3 is 2.40 bits per heavy atom. The molecule has 1 aromatic carbocycles. The van der Waals surface area contributed by atoms with Gasteiger partial charge in [0, 0.05) is 30.1 Å². The summed E-state index contributed by atoms with van der Waals surface area (Å²) >= 11 is 0. The zero-order chi connectivity index (χ0) is 17.5. The molecule has 0 unspecified atom stereocenters. The van der Waals surface area contributed by atoms with Crippen LogP contribution in [0.15, 0.2) is 36.7 Å². The molecule has 25 heavy (non-hydrogen) atoms. The lowest BCUT2D eigenvalue weighted by atomic mass is 9.75. The van der Waals surface area contributed by atoms with E-state index in [1.165, 1.54) is 0 Å². The van der Waals surface area contributed by atoms with E-state index in [9.17, 15) is 8.42 Å². The van der Waals surface area contributed by atoms with Crippen molar-refractivity contribution < 1.29 is 13.2 Å². The van der Waals surface area contributed by atoms with Gasteiger partial charge in [-0.15, -0.1) is 0 Å². The fourth-order valence-electron chi connectivity index (χ4n) is 3.65. The van der Waals surface area contributed by atoms with Crippen LogP contribution in [0.2, 0.25) is 0 Å². The van der Waals surface area contributed by atoms with E-state index in [4.69, 9.17) is 4.74 Å². The number of benzene rings is 1. The Bertz CT molecular complexity index is 859. The van der Waals surface area contributed by atoms with E-state index in [0.29, 0.717) is 11.5 Å². The van der Waals surface area contributed by atoms with Gasteiger partial charge in [0.2, 0.25) is 0 Å². The third kappa shape index (κ3) is 3.20. The maximum Gasteiger partial charge on any atom is 0.150 e. The number of rotatable bonds is 3. The first-order chi connectivity index (χ1) is 12.0. The number of aromatic nitrogens is 2. The van der Waals surface area contributed by atoms with Gasteiger partial charge in [-0.1, -0.05) is 0 Å². The first kappa shape index (κ1) is 16.3. The normalized spacial score (nSPS) is 20.9. The first-order valence-corrected chi connectivity index (χ1v) is 10.2. The summed E-state index contributed by atoms with van der Waals surface area (Å²) in [5.74, 6) is 2.36. The van der Waals surface area contributed by atoms with Crippen LogP contribution < -0.4 is 9.64 Å². The fourth-order valence-corrected chi connectivity index (χ4v) is 5.34.